The molecule has 1 atom stereocenters. The Morgan fingerprint density at radius 2 is 2.19 bits per heavy atom. The van der Waals surface area contributed by atoms with Crippen LogP contribution in [-0.4, -0.2) is 22.8 Å². The quantitative estimate of drug-likeness (QED) is 0.727. The van der Waals surface area contributed by atoms with Crippen LogP contribution in [0.4, 0.5) is 0 Å². The molecule has 5 heteroatoms. The zero-order valence-corrected chi connectivity index (χ0v) is 12.0. The number of nitrogens with one attached hydrogen (secondary N) is 1. The Morgan fingerprint density at radius 1 is 1.33 bits per heavy atom. The van der Waals surface area contributed by atoms with Gasteiger partial charge in [-0.05, 0) is 39.9 Å². The largest absolute Gasteiger partial charge is 0.386 e. The predicted molar refractivity (Wildman–Crippen MR) is 86.3 cm³/mol. The number of aliphatic hydroxyl groups excluding tert-OH is 1. The van der Waals surface area contributed by atoms with E-state index in [1.54, 1.807) is 6.07 Å². The Bertz CT molecular complexity index is 822. The van der Waals surface area contributed by atoms with Crippen molar-refractivity contribution in [2.45, 2.75) is 6.10 Å². The van der Waals surface area contributed by atoms with Gasteiger partial charge in [0.1, 0.15) is 0 Å². The van der Waals surface area contributed by atoms with Gasteiger partial charge >= 0.3 is 0 Å². The highest BCUT2D eigenvalue weighted by Gasteiger charge is 2.06. The standard InChI is InChI=1S/C16H14N2O2S/c19-15(12-5-6-21-10-12)9-17-8-13-7-11-3-1-2-4-14(11)18-16(13)20/h1-8,10,15,19H,9H2,(H,18,20). The summed E-state index contributed by atoms with van der Waals surface area (Å²) in [6, 6.07) is 11.3. The van der Waals surface area contributed by atoms with E-state index >= 15 is 0 Å². The summed E-state index contributed by atoms with van der Waals surface area (Å²) in [6.07, 6.45) is 0.882. The van der Waals surface area contributed by atoms with Crippen molar-refractivity contribution in [2.75, 3.05) is 6.54 Å². The Balaban J connectivity index is 1.79. The molecule has 21 heavy (non-hydrogen) atoms. The average molecular weight is 298 g/mol. The van der Waals surface area contributed by atoms with Crippen molar-refractivity contribution < 1.29 is 5.11 Å². The van der Waals surface area contributed by atoms with Crippen LogP contribution >= 0.6 is 11.3 Å². The fourth-order valence-corrected chi connectivity index (χ4v) is 2.79. The minimum atomic E-state index is -0.632. The van der Waals surface area contributed by atoms with E-state index in [1.807, 2.05) is 41.1 Å². The predicted octanol–water partition coefficient (Wildman–Crippen LogP) is 2.74. The number of rotatable bonds is 4. The van der Waals surface area contributed by atoms with Gasteiger partial charge in [0.2, 0.25) is 0 Å². The number of thiophene rings is 1. The summed E-state index contributed by atoms with van der Waals surface area (Å²) in [5.41, 5.74) is 1.97. The molecule has 106 valence electrons. The molecule has 3 rings (SSSR count). The summed E-state index contributed by atoms with van der Waals surface area (Å²) in [4.78, 5) is 18.9. The molecule has 1 aromatic carbocycles. The lowest BCUT2D eigenvalue weighted by Gasteiger charge is -2.04. The molecule has 0 radical (unpaired) electrons. The highest BCUT2D eigenvalue weighted by Crippen LogP contribution is 2.16. The van der Waals surface area contributed by atoms with E-state index in [9.17, 15) is 9.90 Å². The lowest BCUT2D eigenvalue weighted by atomic mass is 10.1. The summed E-state index contributed by atoms with van der Waals surface area (Å²) in [7, 11) is 0. The molecule has 2 heterocycles. The van der Waals surface area contributed by atoms with E-state index in [1.165, 1.54) is 17.6 Å². The molecular formula is C16H14N2O2S. The van der Waals surface area contributed by atoms with Gasteiger partial charge < -0.3 is 10.1 Å². The first-order valence-electron chi connectivity index (χ1n) is 6.56. The van der Waals surface area contributed by atoms with Crippen molar-refractivity contribution in [2.24, 2.45) is 4.99 Å². The molecule has 3 aromatic rings. The summed E-state index contributed by atoms with van der Waals surface area (Å²) in [5.74, 6) is 0. The third kappa shape index (κ3) is 3.09. The SMILES string of the molecule is O=c1[nH]c2ccccc2cc1C=NCC(O)c1ccsc1. The topological polar surface area (TPSA) is 65.5 Å². The first kappa shape index (κ1) is 13.7. The Morgan fingerprint density at radius 3 is 3.00 bits per heavy atom. The molecule has 0 aliphatic rings. The third-order valence-electron chi connectivity index (χ3n) is 3.22. The van der Waals surface area contributed by atoms with Crippen molar-refractivity contribution in [3.05, 3.63) is 68.6 Å². The first-order valence-corrected chi connectivity index (χ1v) is 7.50. The van der Waals surface area contributed by atoms with E-state index in [0.29, 0.717) is 5.56 Å². The van der Waals surface area contributed by atoms with Crippen LogP contribution in [0.25, 0.3) is 10.9 Å². The van der Waals surface area contributed by atoms with Gasteiger partial charge in [-0.1, -0.05) is 18.2 Å². The monoisotopic (exact) mass is 298 g/mol. The van der Waals surface area contributed by atoms with Gasteiger partial charge in [-0.2, -0.15) is 11.3 Å². The molecule has 0 saturated heterocycles. The second-order valence-electron chi connectivity index (χ2n) is 4.71. The Labute approximate surface area is 125 Å². The number of H-pyrrole nitrogens is 1. The fraction of sp³-hybridized carbons (Fsp3) is 0.125. The molecule has 0 bridgehead atoms. The van der Waals surface area contributed by atoms with Crippen molar-refractivity contribution in [1.82, 2.24) is 4.98 Å². The van der Waals surface area contributed by atoms with E-state index in [-0.39, 0.29) is 12.1 Å². The molecule has 2 aromatic heterocycles. The number of benzene rings is 1. The van der Waals surface area contributed by atoms with Gasteiger partial charge in [0.05, 0.1) is 18.2 Å². The lowest BCUT2D eigenvalue weighted by Crippen LogP contribution is -2.12. The number of hydrogen-bond acceptors (Lipinski definition) is 4. The molecule has 0 aliphatic carbocycles. The summed E-state index contributed by atoms with van der Waals surface area (Å²) in [6.45, 7) is 0.239. The Kier molecular flexibility index (Phi) is 3.94. The van der Waals surface area contributed by atoms with Gasteiger partial charge in [-0.3, -0.25) is 9.79 Å². The summed E-state index contributed by atoms with van der Waals surface area (Å²) < 4.78 is 0. The highest BCUT2D eigenvalue weighted by atomic mass is 32.1. The van der Waals surface area contributed by atoms with Crippen LogP contribution in [-0.2, 0) is 0 Å². The molecule has 0 amide bonds. The van der Waals surface area contributed by atoms with Crippen LogP contribution in [0.2, 0.25) is 0 Å². The molecule has 2 N–H and O–H groups in total. The maximum Gasteiger partial charge on any atom is 0.257 e. The number of aromatic amines is 1. The number of aliphatic imine (C=N–C) groups is 1. The smallest absolute Gasteiger partial charge is 0.257 e. The van der Waals surface area contributed by atoms with Crippen LogP contribution in [0, 0.1) is 0 Å². The van der Waals surface area contributed by atoms with E-state index in [2.05, 4.69) is 9.98 Å². The summed E-state index contributed by atoms with van der Waals surface area (Å²) in [5, 5.41) is 14.7. The lowest BCUT2D eigenvalue weighted by molar-refractivity contribution is 0.188. The highest BCUT2D eigenvalue weighted by molar-refractivity contribution is 7.07. The molecule has 0 spiro atoms. The van der Waals surface area contributed by atoms with Crippen molar-refractivity contribution in [3.8, 4) is 0 Å². The van der Waals surface area contributed by atoms with Crippen LogP contribution < -0.4 is 5.56 Å². The molecule has 4 nitrogen and oxygen atoms in total. The number of aromatic nitrogens is 1. The number of aliphatic hydroxyl groups is 1. The van der Waals surface area contributed by atoms with Gasteiger partial charge in [0.15, 0.2) is 0 Å². The number of nitrogens with zero attached hydrogens (tertiary/aromatic N) is 1. The van der Waals surface area contributed by atoms with Crippen LogP contribution in [0.15, 0.2) is 56.9 Å². The number of hydrogen-bond donors (Lipinski definition) is 2. The molecule has 0 fully saturated rings. The second kappa shape index (κ2) is 6.03. The minimum absolute atomic E-state index is 0.178. The Hall–Kier alpha value is -2.24. The van der Waals surface area contributed by atoms with Gasteiger partial charge in [0, 0.05) is 11.7 Å². The maximum absolute atomic E-state index is 11.9. The second-order valence-corrected chi connectivity index (χ2v) is 5.49. The van der Waals surface area contributed by atoms with Crippen molar-refractivity contribution >= 4 is 28.5 Å². The zero-order valence-electron chi connectivity index (χ0n) is 11.2. The van der Waals surface area contributed by atoms with Crippen LogP contribution in [0.1, 0.15) is 17.2 Å². The molecular weight excluding hydrogens is 284 g/mol. The van der Waals surface area contributed by atoms with E-state index < -0.39 is 6.10 Å². The summed E-state index contributed by atoms with van der Waals surface area (Å²) >= 11 is 1.53. The van der Waals surface area contributed by atoms with E-state index in [4.69, 9.17) is 0 Å². The van der Waals surface area contributed by atoms with Crippen LogP contribution in [0.3, 0.4) is 0 Å². The number of para-hydroxylation sites is 1. The number of pyridine rings is 1. The molecule has 1 unspecified atom stereocenters. The fourth-order valence-electron chi connectivity index (χ4n) is 2.08. The van der Waals surface area contributed by atoms with Gasteiger partial charge in [-0.15, -0.1) is 0 Å². The van der Waals surface area contributed by atoms with Gasteiger partial charge in [-0.25, -0.2) is 0 Å². The third-order valence-corrected chi connectivity index (χ3v) is 3.92. The van der Waals surface area contributed by atoms with Gasteiger partial charge in [0.25, 0.3) is 5.56 Å². The zero-order chi connectivity index (χ0) is 14.7. The average Bonchev–Trinajstić information content (AvgIpc) is 3.02. The van der Waals surface area contributed by atoms with Crippen LogP contribution in [0.5, 0.6) is 0 Å². The normalized spacial score (nSPS) is 13.0. The molecule has 0 saturated carbocycles. The minimum Gasteiger partial charge on any atom is -0.386 e. The van der Waals surface area contributed by atoms with Crippen molar-refractivity contribution in [3.63, 3.8) is 0 Å². The van der Waals surface area contributed by atoms with Crippen molar-refractivity contribution in [1.29, 1.82) is 0 Å². The maximum atomic E-state index is 11.9. The number of fused-ring (bicyclic) bond motifs is 1. The molecule has 0 aliphatic heterocycles. The first-order chi connectivity index (χ1) is 10.2. The van der Waals surface area contributed by atoms with E-state index in [0.717, 1.165) is 16.5 Å².